The standard InChI is InChI=1S/C21H26N4O3/c1-15(2)28-18-5-3-16(4-6-18)20(26)25-8-7-17-13-22-21(23-19(17)14-25)24-9-11-27-12-10-24/h3-6,13,15H,7-12,14H2,1-2H3. The summed E-state index contributed by atoms with van der Waals surface area (Å²) in [7, 11) is 0. The summed E-state index contributed by atoms with van der Waals surface area (Å²) in [5, 5.41) is 0. The zero-order valence-electron chi connectivity index (χ0n) is 16.4. The molecule has 0 atom stereocenters. The third-order valence-corrected chi connectivity index (χ3v) is 4.99. The number of aromatic nitrogens is 2. The van der Waals surface area contributed by atoms with E-state index < -0.39 is 0 Å². The molecule has 28 heavy (non-hydrogen) atoms. The van der Waals surface area contributed by atoms with Crippen LogP contribution >= 0.6 is 0 Å². The van der Waals surface area contributed by atoms with Crippen LogP contribution in [-0.2, 0) is 17.7 Å². The minimum Gasteiger partial charge on any atom is -0.491 e. The highest BCUT2D eigenvalue weighted by atomic mass is 16.5. The normalized spacial score (nSPS) is 16.8. The highest BCUT2D eigenvalue weighted by Crippen LogP contribution is 2.22. The molecule has 1 amide bonds. The Morgan fingerprint density at radius 1 is 1.14 bits per heavy atom. The van der Waals surface area contributed by atoms with E-state index in [0.717, 1.165) is 42.5 Å². The van der Waals surface area contributed by atoms with E-state index in [2.05, 4.69) is 9.88 Å². The average Bonchev–Trinajstić information content (AvgIpc) is 2.73. The molecule has 4 rings (SSSR count). The van der Waals surface area contributed by atoms with Crippen LogP contribution < -0.4 is 9.64 Å². The van der Waals surface area contributed by atoms with Gasteiger partial charge in [-0.1, -0.05) is 0 Å². The van der Waals surface area contributed by atoms with Crippen molar-refractivity contribution < 1.29 is 14.3 Å². The van der Waals surface area contributed by atoms with Crippen molar-refractivity contribution in [3.05, 3.63) is 47.3 Å². The van der Waals surface area contributed by atoms with Gasteiger partial charge in [-0.05, 0) is 50.1 Å². The maximum Gasteiger partial charge on any atom is 0.254 e. The Hall–Kier alpha value is -2.67. The molecular weight excluding hydrogens is 356 g/mol. The first-order valence-corrected chi connectivity index (χ1v) is 9.83. The first-order chi connectivity index (χ1) is 13.6. The van der Waals surface area contributed by atoms with E-state index >= 15 is 0 Å². The molecule has 7 heteroatoms. The predicted molar refractivity (Wildman–Crippen MR) is 106 cm³/mol. The number of benzene rings is 1. The summed E-state index contributed by atoms with van der Waals surface area (Å²) in [6.45, 7) is 8.14. The maximum absolute atomic E-state index is 12.9. The van der Waals surface area contributed by atoms with Crippen molar-refractivity contribution in [1.29, 1.82) is 0 Å². The van der Waals surface area contributed by atoms with E-state index in [1.165, 1.54) is 0 Å². The summed E-state index contributed by atoms with van der Waals surface area (Å²) in [6, 6.07) is 7.36. The molecule has 0 saturated carbocycles. The average molecular weight is 382 g/mol. The van der Waals surface area contributed by atoms with Crippen LogP contribution in [0, 0.1) is 0 Å². The van der Waals surface area contributed by atoms with Crippen LogP contribution in [0.1, 0.15) is 35.5 Å². The van der Waals surface area contributed by atoms with Gasteiger partial charge in [0.15, 0.2) is 0 Å². The molecule has 0 radical (unpaired) electrons. The molecule has 2 aliphatic heterocycles. The first-order valence-electron chi connectivity index (χ1n) is 9.83. The summed E-state index contributed by atoms with van der Waals surface area (Å²) in [5.74, 6) is 1.53. The van der Waals surface area contributed by atoms with Gasteiger partial charge in [-0.15, -0.1) is 0 Å². The highest BCUT2D eigenvalue weighted by Gasteiger charge is 2.24. The van der Waals surface area contributed by atoms with Crippen LogP contribution in [0.4, 0.5) is 5.95 Å². The summed E-state index contributed by atoms with van der Waals surface area (Å²) < 4.78 is 11.1. The summed E-state index contributed by atoms with van der Waals surface area (Å²) in [5.41, 5.74) is 2.74. The van der Waals surface area contributed by atoms with Gasteiger partial charge >= 0.3 is 0 Å². The second-order valence-electron chi connectivity index (χ2n) is 7.41. The molecule has 0 unspecified atom stereocenters. The minimum atomic E-state index is 0.0216. The number of fused-ring (bicyclic) bond motifs is 1. The molecule has 0 N–H and O–H groups in total. The number of hydrogen-bond donors (Lipinski definition) is 0. The van der Waals surface area contributed by atoms with Gasteiger partial charge in [0.05, 0.1) is 31.6 Å². The Labute approximate surface area is 165 Å². The lowest BCUT2D eigenvalue weighted by Gasteiger charge is -2.30. The Morgan fingerprint density at radius 3 is 2.61 bits per heavy atom. The molecule has 1 aromatic carbocycles. The van der Waals surface area contributed by atoms with Crippen molar-refractivity contribution in [2.24, 2.45) is 0 Å². The van der Waals surface area contributed by atoms with Crippen molar-refractivity contribution >= 4 is 11.9 Å². The van der Waals surface area contributed by atoms with E-state index in [1.807, 2.05) is 49.2 Å². The zero-order valence-corrected chi connectivity index (χ0v) is 16.4. The third kappa shape index (κ3) is 4.09. The molecular formula is C21H26N4O3. The topological polar surface area (TPSA) is 67.8 Å². The van der Waals surface area contributed by atoms with Gasteiger partial charge in [-0.25, -0.2) is 9.97 Å². The fourth-order valence-corrected chi connectivity index (χ4v) is 3.51. The van der Waals surface area contributed by atoms with Crippen LogP contribution in [0.3, 0.4) is 0 Å². The molecule has 1 aromatic heterocycles. The fraction of sp³-hybridized carbons (Fsp3) is 0.476. The molecule has 0 spiro atoms. The molecule has 1 saturated heterocycles. The quantitative estimate of drug-likeness (QED) is 0.808. The Kier molecular flexibility index (Phi) is 5.43. The monoisotopic (exact) mass is 382 g/mol. The van der Waals surface area contributed by atoms with Gasteiger partial charge in [0.1, 0.15) is 5.75 Å². The van der Waals surface area contributed by atoms with Crippen molar-refractivity contribution in [3.8, 4) is 5.75 Å². The maximum atomic E-state index is 12.9. The van der Waals surface area contributed by atoms with E-state index in [0.29, 0.717) is 31.9 Å². The number of anilines is 1. The first kappa shape index (κ1) is 18.7. The zero-order chi connectivity index (χ0) is 19.5. The van der Waals surface area contributed by atoms with E-state index in [1.54, 1.807) is 0 Å². The fourth-order valence-electron chi connectivity index (χ4n) is 3.51. The number of carbonyl (C=O) groups is 1. The number of nitrogens with zero attached hydrogens (tertiary/aromatic N) is 4. The molecule has 2 aliphatic rings. The number of amides is 1. The van der Waals surface area contributed by atoms with Crippen LogP contribution in [0.25, 0.3) is 0 Å². The van der Waals surface area contributed by atoms with Crippen LogP contribution in [0.5, 0.6) is 5.75 Å². The SMILES string of the molecule is CC(C)Oc1ccc(C(=O)N2CCc3cnc(N4CCOCC4)nc3C2)cc1. The smallest absolute Gasteiger partial charge is 0.254 e. The van der Waals surface area contributed by atoms with Gasteiger partial charge in [0, 0.05) is 31.4 Å². The van der Waals surface area contributed by atoms with E-state index in [9.17, 15) is 4.79 Å². The molecule has 2 aromatic rings. The van der Waals surface area contributed by atoms with Crippen LogP contribution in [-0.4, -0.2) is 59.7 Å². The number of carbonyl (C=O) groups excluding carboxylic acids is 1. The second-order valence-corrected chi connectivity index (χ2v) is 7.41. The summed E-state index contributed by atoms with van der Waals surface area (Å²) in [4.78, 5) is 26.2. The van der Waals surface area contributed by atoms with Gasteiger partial charge in [0.25, 0.3) is 5.91 Å². The number of hydrogen-bond acceptors (Lipinski definition) is 6. The molecule has 0 bridgehead atoms. The lowest BCUT2D eigenvalue weighted by atomic mass is 10.1. The Bertz CT molecular complexity index is 832. The molecule has 3 heterocycles. The second kappa shape index (κ2) is 8.14. The van der Waals surface area contributed by atoms with Crippen molar-refractivity contribution in [1.82, 2.24) is 14.9 Å². The summed E-state index contributed by atoms with van der Waals surface area (Å²) in [6.07, 6.45) is 2.80. The Morgan fingerprint density at radius 2 is 1.89 bits per heavy atom. The Balaban J connectivity index is 1.47. The lowest BCUT2D eigenvalue weighted by molar-refractivity contribution is 0.0731. The summed E-state index contributed by atoms with van der Waals surface area (Å²) >= 11 is 0. The number of morpholine rings is 1. The number of rotatable bonds is 4. The third-order valence-electron chi connectivity index (χ3n) is 4.99. The number of ether oxygens (including phenoxy) is 2. The largest absolute Gasteiger partial charge is 0.491 e. The van der Waals surface area contributed by atoms with Gasteiger partial charge < -0.3 is 19.3 Å². The van der Waals surface area contributed by atoms with Gasteiger partial charge in [-0.2, -0.15) is 0 Å². The van der Waals surface area contributed by atoms with Crippen molar-refractivity contribution in [2.75, 3.05) is 37.7 Å². The molecule has 1 fully saturated rings. The van der Waals surface area contributed by atoms with Crippen LogP contribution in [0.2, 0.25) is 0 Å². The minimum absolute atomic E-state index is 0.0216. The van der Waals surface area contributed by atoms with Crippen molar-refractivity contribution in [3.63, 3.8) is 0 Å². The van der Waals surface area contributed by atoms with Gasteiger partial charge in [-0.3, -0.25) is 4.79 Å². The van der Waals surface area contributed by atoms with E-state index in [4.69, 9.17) is 14.5 Å². The molecule has 7 nitrogen and oxygen atoms in total. The lowest BCUT2D eigenvalue weighted by Crippen LogP contribution is -2.39. The molecule has 0 aliphatic carbocycles. The highest BCUT2D eigenvalue weighted by molar-refractivity contribution is 5.94. The van der Waals surface area contributed by atoms with Gasteiger partial charge in [0.2, 0.25) is 5.95 Å². The predicted octanol–water partition coefficient (Wildman–Crippen LogP) is 2.30. The van der Waals surface area contributed by atoms with E-state index in [-0.39, 0.29) is 12.0 Å². The molecule has 148 valence electrons. The van der Waals surface area contributed by atoms with Crippen LogP contribution in [0.15, 0.2) is 30.5 Å². The van der Waals surface area contributed by atoms with Crippen molar-refractivity contribution in [2.45, 2.75) is 32.9 Å².